The minimum atomic E-state index is 1.10. The second-order valence-corrected chi connectivity index (χ2v) is 15.4. The Bertz CT molecular complexity index is 2820. The summed E-state index contributed by atoms with van der Waals surface area (Å²) in [5.41, 5.74) is 17.0. The number of hydrogen-bond acceptors (Lipinski definition) is 2. The van der Waals surface area contributed by atoms with Gasteiger partial charge < -0.3 is 4.90 Å². The van der Waals surface area contributed by atoms with Crippen LogP contribution in [0.4, 0.5) is 17.1 Å². The fourth-order valence-corrected chi connectivity index (χ4v) is 9.53. The zero-order chi connectivity index (χ0) is 37.3. The van der Waals surface area contributed by atoms with Crippen LogP contribution in [0.1, 0.15) is 16.9 Å². The smallest absolute Gasteiger partial charge is 0.0540 e. The lowest BCUT2D eigenvalue weighted by Crippen LogP contribution is -2.11. The van der Waals surface area contributed by atoms with Gasteiger partial charge >= 0.3 is 0 Å². The maximum absolute atomic E-state index is 2.42. The van der Waals surface area contributed by atoms with Crippen molar-refractivity contribution in [1.29, 1.82) is 0 Å². The molecule has 0 fully saturated rings. The molecule has 1 aliphatic rings. The summed E-state index contributed by atoms with van der Waals surface area (Å²) in [6, 6.07) is 72.8. The molecule has 2 heteroatoms. The Hall–Kier alpha value is -6.74. The lowest BCUT2D eigenvalue weighted by Gasteiger charge is -2.28. The average molecular weight is 734 g/mol. The van der Waals surface area contributed by atoms with E-state index in [9.17, 15) is 0 Å². The Kier molecular flexibility index (Phi) is 8.95. The number of rotatable bonds is 8. The molecule has 8 aromatic carbocycles. The molecule has 1 aromatic heterocycles. The van der Waals surface area contributed by atoms with Gasteiger partial charge in [-0.25, -0.2) is 0 Å². The van der Waals surface area contributed by atoms with E-state index in [2.05, 4.69) is 217 Å². The maximum atomic E-state index is 2.42. The highest BCUT2D eigenvalue weighted by molar-refractivity contribution is 7.20. The molecule has 0 spiro atoms. The molecule has 266 valence electrons. The maximum Gasteiger partial charge on any atom is 0.0540 e. The third-order valence-electron chi connectivity index (χ3n) is 11.0. The number of benzene rings is 8. The second-order valence-electron chi connectivity index (χ2n) is 14.4. The Balaban J connectivity index is 1.09. The number of allylic oxidation sites excluding steroid dienone is 1. The van der Waals surface area contributed by atoms with Crippen molar-refractivity contribution >= 4 is 44.6 Å². The number of thiophene rings is 1. The first-order valence-electron chi connectivity index (χ1n) is 19.4. The Morgan fingerprint density at radius 1 is 0.393 bits per heavy atom. The lowest BCUT2D eigenvalue weighted by molar-refractivity contribution is 1.01. The van der Waals surface area contributed by atoms with Crippen LogP contribution in [-0.2, 0) is 6.42 Å². The first-order chi connectivity index (χ1) is 27.8. The minimum absolute atomic E-state index is 1.10. The van der Waals surface area contributed by atoms with Crippen molar-refractivity contribution in [2.24, 2.45) is 0 Å². The zero-order valence-corrected chi connectivity index (χ0v) is 31.8. The molecule has 0 bridgehead atoms. The van der Waals surface area contributed by atoms with E-state index in [1.165, 1.54) is 76.2 Å². The Morgan fingerprint density at radius 3 is 1.61 bits per heavy atom. The van der Waals surface area contributed by atoms with Gasteiger partial charge in [-0.3, -0.25) is 0 Å². The molecule has 1 heterocycles. The molecule has 0 amide bonds. The number of nitrogens with zero attached hydrogens (tertiary/aromatic N) is 1. The van der Waals surface area contributed by atoms with E-state index in [1.54, 1.807) is 0 Å². The summed E-state index contributed by atoms with van der Waals surface area (Å²) in [6.45, 7) is 0. The van der Waals surface area contributed by atoms with E-state index < -0.39 is 0 Å². The molecular weight excluding hydrogens is 695 g/mol. The molecule has 56 heavy (non-hydrogen) atoms. The fourth-order valence-electron chi connectivity index (χ4n) is 8.22. The standard InChI is InChI=1S/C54H39NS/c1-4-15-38(16-5-1)39-27-32-44(33-28-39)55(52-25-12-10-21-47(52)49-23-14-24-50-48-22-11-13-26-53(48)56-54(49)50)45-34-29-40(30-35-45)43-31-36-46(41-17-6-2-7-18-41)51(37-43)42-19-8-3-9-20-42/h1-10,12-21,23-37H,11,22H2. The third-order valence-corrected chi connectivity index (χ3v) is 12.2. The van der Waals surface area contributed by atoms with E-state index in [0.717, 1.165) is 29.9 Å². The summed E-state index contributed by atoms with van der Waals surface area (Å²) < 4.78 is 1.36. The first kappa shape index (κ1) is 33.8. The van der Waals surface area contributed by atoms with Gasteiger partial charge in [0, 0.05) is 32.1 Å². The van der Waals surface area contributed by atoms with Crippen molar-refractivity contribution in [2.45, 2.75) is 12.8 Å². The van der Waals surface area contributed by atoms with E-state index in [0.29, 0.717) is 0 Å². The van der Waals surface area contributed by atoms with Crippen LogP contribution in [-0.4, -0.2) is 0 Å². The van der Waals surface area contributed by atoms with Gasteiger partial charge in [0.15, 0.2) is 0 Å². The molecule has 0 saturated heterocycles. The molecule has 10 rings (SSSR count). The SMILES string of the molecule is C1=Cc2sc3c(-c4ccccc4N(c4ccc(-c5ccccc5)cc4)c4ccc(-c5ccc(-c6ccccc6)c(-c6ccccc6)c5)cc4)cccc3c2CC1. The van der Waals surface area contributed by atoms with Gasteiger partial charge in [0.1, 0.15) is 0 Å². The highest BCUT2D eigenvalue weighted by Gasteiger charge is 2.21. The molecule has 0 unspecified atom stereocenters. The van der Waals surface area contributed by atoms with E-state index in [-0.39, 0.29) is 0 Å². The fraction of sp³-hybridized carbons (Fsp3) is 0.0370. The Labute approximate surface area is 333 Å². The summed E-state index contributed by atoms with van der Waals surface area (Å²) in [7, 11) is 0. The number of fused-ring (bicyclic) bond motifs is 3. The second kappa shape index (κ2) is 14.8. The number of anilines is 3. The van der Waals surface area contributed by atoms with Crippen molar-refractivity contribution in [1.82, 2.24) is 0 Å². The molecule has 1 nitrogen and oxygen atoms in total. The summed E-state index contributed by atoms with van der Waals surface area (Å²) in [5, 5.41) is 1.39. The minimum Gasteiger partial charge on any atom is -0.310 e. The van der Waals surface area contributed by atoms with Crippen LogP contribution in [0.15, 0.2) is 206 Å². The van der Waals surface area contributed by atoms with Crippen LogP contribution >= 0.6 is 11.3 Å². The summed E-state index contributed by atoms with van der Waals surface area (Å²) in [6.07, 6.45) is 6.84. The highest BCUT2D eigenvalue weighted by atomic mass is 32.1. The van der Waals surface area contributed by atoms with E-state index in [1.807, 2.05) is 11.3 Å². The topological polar surface area (TPSA) is 3.24 Å². The van der Waals surface area contributed by atoms with Crippen molar-refractivity contribution in [3.05, 3.63) is 217 Å². The predicted octanol–water partition coefficient (Wildman–Crippen LogP) is 15.7. The van der Waals surface area contributed by atoms with Gasteiger partial charge in [0.25, 0.3) is 0 Å². The predicted molar refractivity (Wildman–Crippen MR) is 241 cm³/mol. The number of aryl methyl sites for hydroxylation is 1. The monoisotopic (exact) mass is 733 g/mol. The molecule has 0 saturated carbocycles. The van der Waals surface area contributed by atoms with Crippen LogP contribution in [0.3, 0.4) is 0 Å². The van der Waals surface area contributed by atoms with Crippen molar-refractivity contribution < 1.29 is 0 Å². The Morgan fingerprint density at radius 2 is 0.929 bits per heavy atom. The number of hydrogen-bond donors (Lipinski definition) is 0. The number of para-hydroxylation sites is 1. The van der Waals surface area contributed by atoms with Crippen molar-refractivity contribution in [3.8, 4) is 55.6 Å². The van der Waals surface area contributed by atoms with E-state index in [4.69, 9.17) is 0 Å². The van der Waals surface area contributed by atoms with Gasteiger partial charge in [-0.1, -0.05) is 170 Å². The molecular formula is C54H39NS. The molecule has 0 aliphatic heterocycles. The van der Waals surface area contributed by atoms with Gasteiger partial charge in [-0.2, -0.15) is 0 Å². The van der Waals surface area contributed by atoms with Crippen LogP contribution < -0.4 is 4.90 Å². The van der Waals surface area contributed by atoms with E-state index >= 15 is 0 Å². The quantitative estimate of drug-likeness (QED) is 0.150. The van der Waals surface area contributed by atoms with Crippen LogP contribution in [0.25, 0.3) is 71.8 Å². The summed E-state index contributed by atoms with van der Waals surface area (Å²) in [4.78, 5) is 3.82. The highest BCUT2D eigenvalue weighted by Crippen LogP contribution is 2.47. The van der Waals surface area contributed by atoms with Gasteiger partial charge in [-0.15, -0.1) is 11.3 Å². The van der Waals surface area contributed by atoms with Crippen LogP contribution in [0.5, 0.6) is 0 Å². The van der Waals surface area contributed by atoms with Crippen molar-refractivity contribution in [2.75, 3.05) is 4.90 Å². The van der Waals surface area contributed by atoms with Gasteiger partial charge in [0.2, 0.25) is 0 Å². The first-order valence-corrected chi connectivity index (χ1v) is 20.2. The van der Waals surface area contributed by atoms with Gasteiger partial charge in [0.05, 0.1) is 5.69 Å². The van der Waals surface area contributed by atoms with Crippen LogP contribution in [0, 0.1) is 0 Å². The molecule has 0 radical (unpaired) electrons. The molecule has 9 aromatic rings. The zero-order valence-electron chi connectivity index (χ0n) is 31.0. The average Bonchev–Trinajstić information content (AvgIpc) is 3.67. The summed E-state index contributed by atoms with van der Waals surface area (Å²) >= 11 is 1.93. The lowest BCUT2D eigenvalue weighted by atomic mass is 9.91. The molecule has 0 N–H and O–H groups in total. The summed E-state index contributed by atoms with van der Waals surface area (Å²) in [5.74, 6) is 0. The van der Waals surface area contributed by atoms with Crippen molar-refractivity contribution in [3.63, 3.8) is 0 Å². The van der Waals surface area contributed by atoms with Gasteiger partial charge in [-0.05, 0) is 111 Å². The molecule has 0 atom stereocenters. The largest absolute Gasteiger partial charge is 0.310 e. The normalized spacial score (nSPS) is 12.1. The van der Waals surface area contributed by atoms with Crippen LogP contribution in [0.2, 0.25) is 0 Å². The third kappa shape index (κ3) is 6.34. The molecule has 1 aliphatic carbocycles.